The molecular weight excluding hydrogens is 414 g/mol. The van der Waals surface area contributed by atoms with Gasteiger partial charge in [0.15, 0.2) is 17.3 Å². The number of carbonyl (C=O) groups excluding carboxylic acids is 2. The van der Waals surface area contributed by atoms with E-state index in [2.05, 4.69) is 15.5 Å². The van der Waals surface area contributed by atoms with Crippen molar-refractivity contribution in [1.29, 1.82) is 0 Å². The lowest BCUT2D eigenvalue weighted by molar-refractivity contribution is -0.130. The molecule has 1 aliphatic heterocycles. The second kappa shape index (κ2) is 10.3. The predicted octanol–water partition coefficient (Wildman–Crippen LogP) is 2.91. The number of hydrogen-bond donors (Lipinski definition) is 1. The van der Waals surface area contributed by atoms with Crippen LogP contribution in [0, 0.1) is 0 Å². The van der Waals surface area contributed by atoms with Crippen LogP contribution in [0.1, 0.15) is 44.8 Å². The first kappa shape index (κ1) is 23.4. The number of aromatic nitrogens is 2. The third-order valence-corrected chi connectivity index (χ3v) is 5.48. The van der Waals surface area contributed by atoms with Gasteiger partial charge in [-0.25, -0.2) is 4.79 Å². The van der Waals surface area contributed by atoms with Crippen molar-refractivity contribution < 1.29 is 23.6 Å². The summed E-state index contributed by atoms with van der Waals surface area (Å²) in [6.07, 6.45) is 1.21. The zero-order valence-electron chi connectivity index (χ0n) is 19.3. The van der Waals surface area contributed by atoms with Crippen molar-refractivity contribution in [2.75, 3.05) is 39.2 Å². The Morgan fingerprint density at radius 2 is 2.03 bits per heavy atom. The molecule has 1 aromatic heterocycles. The molecule has 0 aliphatic carbocycles. The summed E-state index contributed by atoms with van der Waals surface area (Å²) in [5.74, 6) is 2.42. The van der Waals surface area contributed by atoms with Crippen molar-refractivity contribution in [3.63, 3.8) is 0 Å². The van der Waals surface area contributed by atoms with E-state index in [4.69, 9.17) is 14.0 Å². The Balaban J connectivity index is 1.58. The van der Waals surface area contributed by atoms with Crippen LogP contribution in [0.5, 0.6) is 11.5 Å². The molecule has 10 heteroatoms. The Bertz CT molecular complexity index is 945. The maximum absolute atomic E-state index is 12.8. The van der Waals surface area contributed by atoms with Gasteiger partial charge in [-0.15, -0.1) is 0 Å². The molecule has 0 bridgehead atoms. The number of nitrogens with zero attached hydrogens (tertiary/aromatic N) is 4. The van der Waals surface area contributed by atoms with E-state index in [1.54, 1.807) is 49.1 Å². The van der Waals surface area contributed by atoms with Gasteiger partial charge in [0, 0.05) is 50.7 Å². The minimum Gasteiger partial charge on any atom is -0.493 e. The number of nitrogens with one attached hydrogen (secondary N) is 1. The van der Waals surface area contributed by atoms with Crippen molar-refractivity contribution in [2.45, 2.75) is 45.6 Å². The number of anilines is 1. The zero-order chi connectivity index (χ0) is 23.3. The minimum absolute atomic E-state index is 0.0373. The average molecular weight is 446 g/mol. The second-order valence-corrected chi connectivity index (χ2v) is 8.05. The number of urea groups is 1. The summed E-state index contributed by atoms with van der Waals surface area (Å²) in [5.41, 5.74) is 0.609. The smallest absolute Gasteiger partial charge is 0.321 e. The zero-order valence-corrected chi connectivity index (χ0v) is 19.3. The number of hydrogen-bond acceptors (Lipinski definition) is 7. The molecule has 2 heterocycles. The average Bonchev–Trinajstić information content (AvgIpc) is 3.44. The van der Waals surface area contributed by atoms with Gasteiger partial charge < -0.3 is 29.1 Å². The molecule has 1 aliphatic rings. The lowest BCUT2D eigenvalue weighted by Crippen LogP contribution is -2.43. The van der Waals surface area contributed by atoms with Crippen LogP contribution in [0.15, 0.2) is 22.7 Å². The van der Waals surface area contributed by atoms with Crippen LogP contribution >= 0.6 is 0 Å². The van der Waals surface area contributed by atoms with Gasteiger partial charge in [-0.2, -0.15) is 4.98 Å². The monoisotopic (exact) mass is 445 g/mol. The van der Waals surface area contributed by atoms with Crippen LogP contribution in [0.2, 0.25) is 0 Å². The summed E-state index contributed by atoms with van der Waals surface area (Å²) in [5, 5.41) is 6.88. The fraction of sp³-hybridized carbons (Fsp3) is 0.545. The molecule has 1 fully saturated rings. The fourth-order valence-electron chi connectivity index (χ4n) is 3.72. The number of likely N-dealkylation sites (tertiary alicyclic amines) is 1. The van der Waals surface area contributed by atoms with Crippen LogP contribution in [0.4, 0.5) is 10.5 Å². The molecule has 0 saturated carbocycles. The molecule has 1 unspecified atom stereocenters. The number of rotatable bonds is 8. The lowest BCUT2D eigenvalue weighted by atomic mass is 10.2. The van der Waals surface area contributed by atoms with Gasteiger partial charge in [-0.1, -0.05) is 19.0 Å². The Morgan fingerprint density at radius 1 is 1.28 bits per heavy atom. The first-order valence-corrected chi connectivity index (χ1v) is 10.7. The van der Waals surface area contributed by atoms with Crippen LogP contribution in [-0.4, -0.2) is 71.8 Å². The van der Waals surface area contributed by atoms with Crippen LogP contribution < -0.4 is 14.8 Å². The molecule has 10 nitrogen and oxygen atoms in total. The van der Waals surface area contributed by atoms with Crippen molar-refractivity contribution in [1.82, 2.24) is 19.9 Å². The van der Waals surface area contributed by atoms with Gasteiger partial charge in [0.05, 0.1) is 20.3 Å². The molecule has 174 valence electrons. The van der Waals surface area contributed by atoms with Crippen LogP contribution in [-0.2, 0) is 11.2 Å². The van der Waals surface area contributed by atoms with Gasteiger partial charge in [0.1, 0.15) is 0 Å². The quantitative estimate of drug-likeness (QED) is 0.665. The molecule has 0 spiro atoms. The summed E-state index contributed by atoms with van der Waals surface area (Å²) in [6, 6.07) is 4.93. The first-order chi connectivity index (χ1) is 15.3. The summed E-state index contributed by atoms with van der Waals surface area (Å²) < 4.78 is 15.7. The van der Waals surface area contributed by atoms with E-state index >= 15 is 0 Å². The maximum atomic E-state index is 12.8. The van der Waals surface area contributed by atoms with Gasteiger partial charge in [0.25, 0.3) is 0 Å². The van der Waals surface area contributed by atoms with E-state index in [0.717, 1.165) is 0 Å². The molecule has 1 N–H and O–H groups in total. The Labute approximate surface area is 187 Å². The Morgan fingerprint density at radius 3 is 2.66 bits per heavy atom. The first-order valence-electron chi connectivity index (χ1n) is 10.7. The van der Waals surface area contributed by atoms with E-state index in [-0.39, 0.29) is 23.9 Å². The predicted molar refractivity (Wildman–Crippen MR) is 118 cm³/mol. The number of carbonyl (C=O) groups is 2. The topological polar surface area (TPSA) is 110 Å². The lowest BCUT2D eigenvalue weighted by Gasteiger charge is -2.27. The highest BCUT2D eigenvalue weighted by molar-refractivity contribution is 5.90. The maximum Gasteiger partial charge on any atom is 0.321 e. The minimum atomic E-state index is -0.219. The normalized spacial score (nSPS) is 15.7. The standard InChI is InChI=1S/C22H31N5O5/c1-14(2)21-24-20(25-32-21)9-11-27(15(3)28)17-8-10-26(13-17)22(29)23-16-6-7-18(30-4)19(12-16)31-5/h6-7,12,14,17H,8-11,13H2,1-5H3,(H,23,29). The Kier molecular flexibility index (Phi) is 7.55. The SMILES string of the molecule is COc1ccc(NC(=O)N2CCC(N(CCc3noc(C(C)C)n3)C(C)=O)C2)cc1OC. The van der Waals surface area contributed by atoms with E-state index in [9.17, 15) is 9.59 Å². The fourth-order valence-corrected chi connectivity index (χ4v) is 3.72. The van der Waals surface area contributed by atoms with E-state index in [1.807, 2.05) is 13.8 Å². The number of methoxy groups -OCH3 is 2. The van der Waals surface area contributed by atoms with Crippen LogP contribution in [0.25, 0.3) is 0 Å². The summed E-state index contributed by atoms with van der Waals surface area (Å²) in [6.45, 7) is 7.01. The highest BCUT2D eigenvalue weighted by Gasteiger charge is 2.32. The van der Waals surface area contributed by atoms with Gasteiger partial charge >= 0.3 is 6.03 Å². The number of benzene rings is 1. The van der Waals surface area contributed by atoms with E-state index in [1.165, 1.54) is 0 Å². The van der Waals surface area contributed by atoms with Crippen LogP contribution in [0.3, 0.4) is 0 Å². The highest BCUT2D eigenvalue weighted by atomic mass is 16.5. The number of ether oxygens (including phenoxy) is 2. The number of amides is 3. The molecule has 1 aromatic carbocycles. The van der Waals surface area contributed by atoms with Crippen molar-refractivity contribution >= 4 is 17.6 Å². The molecule has 3 rings (SSSR count). The highest BCUT2D eigenvalue weighted by Crippen LogP contribution is 2.30. The Hall–Kier alpha value is -3.30. The molecule has 2 aromatic rings. The van der Waals surface area contributed by atoms with Gasteiger partial charge in [-0.05, 0) is 18.6 Å². The van der Waals surface area contributed by atoms with Gasteiger partial charge in [-0.3, -0.25) is 4.79 Å². The molecule has 3 amide bonds. The molecule has 0 radical (unpaired) electrons. The third kappa shape index (κ3) is 5.49. The van der Waals surface area contributed by atoms with Crippen molar-refractivity contribution in [2.24, 2.45) is 0 Å². The molecule has 1 atom stereocenters. The largest absolute Gasteiger partial charge is 0.493 e. The molecule has 32 heavy (non-hydrogen) atoms. The summed E-state index contributed by atoms with van der Waals surface area (Å²) in [7, 11) is 3.10. The summed E-state index contributed by atoms with van der Waals surface area (Å²) in [4.78, 5) is 32.9. The molecule has 1 saturated heterocycles. The van der Waals surface area contributed by atoms with Crippen molar-refractivity contribution in [3.05, 3.63) is 29.9 Å². The van der Waals surface area contributed by atoms with Gasteiger partial charge in [0.2, 0.25) is 11.8 Å². The summed E-state index contributed by atoms with van der Waals surface area (Å²) >= 11 is 0. The third-order valence-electron chi connectivity index (χ3n) is 5.48. The van der Waals surface area contributed by atoms with E-state index in [0.29, 0.717) is 61.4 Å². The van der Waals surface area contributed by atoms with Crippen molar-refractivity contribution in [3.8, 4) is 11.5 Å². The second-order valence-electron chi connectivity index (χ2n) is 8.05. The molecular formula is C22H31N5O5. The van der Waals surface area contributed by atoms with E-state index < -0.39 is 0 Å².